The normalized spacial score (nSPS) is 15.7. The molecule has 0 spiro atoms. The second-order valence-corrected chi connectivity index (χ2v) is 19.1. The number of nitrogens with zero attached hydrogens (tertiary/aromatic N) is 2. The van der Waals surface area contributed by atoms with Gasteiger partial charge >= 0.3 is 17.9 Å². The van der Waals surface area contributed by atoms with Crippen LogP contribution < -0.4 is 49.1 Å². The molecule has 0 radical (unpaired) electrons. The number of hydrogen-bond acceptors (Lipinski definition) is 13. The number of aliphatic hydroxyl groups is 1. The lowest BCUT2D eigenvalue weighted by Gasteiger charge is -2.30. The summed E-state index contributed by atoms with van der Waals surface area (Å²) in [5, 5.41) is 55.6. The van der Waals surface area contributed by atoms with E-state index in [1.165, 1.54) is 0 Å². The van der Waals surface area contributed by atoms with Crippen LogP contribution in [0.25, 0.3) is 21.8 Å². The van der Waals surface area contributed by atoms with Crippen LogP contribution in [0.15, 0.2) is 96.2 Å². The Kier molecular flexibility index (Phi) is 21.2. The second kappa shape index (κ2) is 28.3. The van der Waals surface area contributed by atoms with Gasteiger partial charge in [-0.2, -0.15) is 0 Å². The van der Waals surface area contributed by atoms with Crippen molar-refractivity contribution in [3.05, 3.63) is 108 Å². The maximum absolute atomic E-state index is 14.5. The maximum Gasteiger partial charge on any atom is 0.326 e. The van der Waals surface area contributed by atoms with Crippen molar-refractivity contribution in [1.82, 2.24) is 46.8 Å². The number of amides is 7. The Morgan fingerprint density at radius 3 is 1.66 bits per heavy atom. The minimum atomic E-state index is -1.86. The minimum Gasteiger partial charge on any atom is -0.481 e. The molecule has 5 aromatic rings. The standard InChI is InChI=1S/C53H65N13O14/c54-33(27-67)45(72)61-38(21-29-25-58-34-14-6-4-12-31(29)34)48(75)64-40(24-44(70)71)51(78)66-19-9-17-42(66)50(77)63-37(20-28-10-2-1-3-11-28)47(74)60-36(16-8-18-57-53(55)56)46(73)62-39(23-43(68)69)49(76)65-41(52(79)80)22-30-26-59-35-15-7-5-13-32(30)35/h1-7,10-15,25-26,33,36-42,58-59,67H,8-9,16-24,27,54H2,(H,60,74)(H,61,72)(H,62,73)(H,63,77)(H,64,75)(H,65,76)(H,68,69)(H,70,71)(H,79,80)(H4,55,56,57)/t33-,36-,37-,38-,39-,40-,41-,42-/m0/s1. The molecule has 0 unspecified atom stereocenters. The number of H-pyrrole nitrogens is 2. The quantitative estimate of drug-likeness (QED) is 0.0140. The van der Waals surface area contributed by atoms with Gasteiger partial charge in [-0.3, -0.25) is 48.1 Å². The smallest absolute Gasteiger partial charge is 0.326 e. The number of guanidine groups is 1. The fourth-order valence-corrected chi connectivity index (χ4v) is 9.26. The number of carbonyl (C=O) groups is 10. The van der Waals surface area contributed by atoms with E-state index in [1.807, 2.05) is 0 Å². The largest absolute Gasteiger partial charge is 0.481 e. The number of nitrogens with two attached hydrogens (primary N) is 3. The third-order valence-corrected chi connectivity index (χ3v) is 13.3. The molecular weight excluding hydrogens is 1040 g/mol. The number of fused-ring (bicyclic) bond motifs is 2. The van der Waals surface area contributed by atoms with Gasteiger partial charge in [0.1, 0.15) is 48.3 Å². The Morgan fingerprint density at radius 1 is 0.600 bits per heavy atom. The molecule has 27 heteroatoms. The van der Waals surface area contributed by atoms with Crippen molar-refractivity contribution >= 4 is 87.0 Å². The van der Waals surface area contributed by atoms with Crippen LogP contribution in [0.5, 0.6) is 0 Å². The molecule has 1 saturated heterocycles. The Labute approximate surface area is 456 Å². The Hall–Kier alpha value is -9.37. The van der Waals surface area contributed by atoms with Crippen LogP contribution in [0.1, 0.15) is 55.2 Å². The molecule has 2 aromatic heterocycles. The lowest BCUT2D eigenvalue weighted by Crippen LogP contribution is -2.60. The third kappa shape index (κ3) is 16.6. The molecule has 1 aliphatic heterocycles. The van der Waals surface area contributed by atoms with Gasteiger partial charge in [0.2, 0.25) is 41.4 Å². The van der Waals surface area contributed by atoms with E-state index in [4.69, 9.17) is 17.2 Å². The van der Waals surface area contributed by atoms with Gasteiger partial charge in [0.25, 0.3) is 0 Å². The molecular formula is C53H65N13O14. The number of rotatable bonds is 29. The number of carboxylic acid groups (broad SMARTS) is 3. The molecule has 7 amide bonds. The van der Waals surface area contributed by atoms with Crippen LogP contribution in [-0.4, -0.2) is 169 Å². The summed E-state index contributed by atoms with van der Waals surface area (Å²) < 4.78 is 0. The molecule has 8 atom stereocenters. The number of carbonyl (C=O) groups excluding carboxylic acids is 7. The van der Waals surface area contributed by atoms with Gasteiger partial charge < -0.3 is 84.4 Å². The third-order valence-electron chi connectivity index (χ3n) is 13.3. The molecule has 426 valence electrons. The zero-order valence-electron chi connectivity index (χ0n) is 43.3. The number of hydrogen-bond donors (Lipinski definition) is 15. The molecule has 18 N–H and O–H groups in total. The number of carboxylic acids is 3. The summed E-state index contributed by atoms with van der Waals surface area (Å²) in [5.74, 6) is -11.7. The van der Waals surface area contributed by atoms with Crippen LogP contribution >= 0.6 is 0 Å². The average molecular weight is 1110 g/mol. The Morgan fingerprint density at radius 2 is 1.09 bits per heavy atom. The average Bonchev–Trinajstić information content (AvgIpc) is 4.20. The highest BCUT2D eigenvalue weighted by molar-refractivity contribution is 5.99. The highest BCUT2D eigenvalue weighted by atomic mass is 16.4. The highest BCUT2D eigenvalue weighted by Gasteiger charge is 2.41. The van der Waals surface area contributed by atoms with Crippen molar-refractivity contribution in [2.45, 2.75) is 106 Å². The molecule has 1 aliphatic rings. The minimum absolute atomic E-state index is 0.0245. The summed E-state index contributed by atoms with van der Waals surface area (Å²) in [4.78, 5) is 146. The predicted octanol–water partition coefficient (Wildman–Crippen LogP) is -2.02. The van der Waals surface area contributed by atoms with E-state index in [9.17, 15) is 68.4 Å². The summed E-state index contributed by atoms with van der Waals surface area (Å²) in [7, 11) is 0. The molecule has 0 saturated carbocycles. The summed E-state index contributed by atoms with van der Waals surface area (Å²) in [6, 6.07) is 9.96. The van der Waals surface area contributed by atoms with Crippen molar-refractivity contribution in [3.8, 4) is 0 Å². The Bertz CT molecular complexity index is 3090. The van der Waals surface area contributed by atoms with Crippen molar-refractivity contribution in [2.75, 3.05) is 19.7 Å². The van der Waals surface area contributed by atoms with Crippen LogP contribution in [0, 0.1) is 0 Å². The van der Waals surface area contributed by atoms with E-state index >= 15 is 0 Å². The molecule has 80 heavy (non-hydrogen) atoms. The fraction of sp³-hybridized carbons (Fsp3) is 0.377. The van der Waals surface area contributed by atoms with Crippen molar-refractivity contribution in [3.63, 3.8) is 0 Å². The van der Waals surface area contributed by atoms with Crippen molar-refractivity contribution in [1.29, 1.82) is 0 Å². The van der Waals surface area contributed by atoms with Crippen LogP contribution in [0.3, 0.4) is 0 Å². The van der Waals surface area contributed by atoms with Gasteiger partial charge in [-0.1, -0.05) is 66.7 Å². The zero-order chi connectivity index (χ0) is 58.0. The molecule has 27 nitrogen and oxygen atoms in total. The molecule has 0 bridgehead atoms. The summed E-state index contributed by atoms with van der Waals surface area (Å²) >= 11 is 0. The topological polar surface area (TPSA) is 449 Å². The lowest BCUT2D eigenvalue weighted by molar-refractivity contribution is -0.146. The first-order valence-electron chi connectivity index (χ1n) is 25.6. The van der Waals surface area contributed by atoms with Crippen LogP contribution in [-0.2, 0) is 67.2 Å². The Balaban J connectivity index is 1.21. The summed E-state index contributed by atoms with van der Waals surface area (Å²) in [5.41, 5.74) is 19.8. The fourth-order valence-electron chi connectivity index (χ4n) is 9.26. The van der Waals surface area contributed by atoms with E-state index < -0.39 is 127 Å². The van der Waals surface area contributed by atoms with Gasteiger partial charge in [0.05, 0.1) is 19.4 Å². The van der Waals surface area contributed by atoms with Crippen LogP contribution in [0.4, 0.5) is 0 Å². The molecule has 1 fully saturated rings. The number of para-hydroxylation sites is 2. The maximum atomic E-state index is 14.5. The zero-order valence-corrected chi connectivity index (χ0v) is 43.3. The van der Waals surface area contributed by atoms with Crippen LogP contribution in [0.2, 0.25) is 0 Å². The summed E-state index contributed by atoms with van der Waals surface area (Å²) in [6.45, 7) is -0.901. The lowest BCUT2D eigenvalue weighted by atomic mass is 10.0. The number of aliphatic carboxylic acids is 3. The van der Waals surface area contributed by atoms with Crippen molar-refractivity contribution in [2.24, 2.45) is 22.2 Å². The first-order chi connectivity index (χ1) is 38.2. The number of aromatic amines is 2. The molecule has 6 rings (SSSR count). The van der Waals surface area contributed by atoms with E-state index in [-0.39, 0.29) is 64.0 Å². The van der Waals surface area contributed by atoms with Gasteiger partial charge in [0, 0.05) is 66.6 Å². The monoisotopic (exact) mass is 1110 g/mol. The number of nitrogens with one attached hydrogen (secondary N) is 8. The van der Waals surface area contributed by atoms with Gasteiger partial charge in [-0.25, -0.2) is 4.79 Å². The number of benzene rings is 3. The van der Waals surface area contributed by atoms with Gasteiger partial charge in [0.15, 0.2) is 5.96 Å². The van der Waals surface area contributed by atoms with Gasteiger partial charge in [-0.05, 0) is 54.5 Å². The SMILES string of the molecule is NC(N)=NCCC[C@H](NC(=O)[C@H](Cc1ccccc1)NC(=O)[C@@H]1CCCN1C(=O)[C@H](CC(=O)O)NC(=O)[C@H](Cc1c[nH]c2ccccc12)NC(=O)[C@@H](N)CO)C(=O)N[C@@H](CC(=O)O)C(=O)N[C@@H](Cc1c[nH]c2ccccc12)C(=O)O. The first kappa shape index (κ1) is 59.9. The van der Waals surface area contributed by atoms with Crippen molar-refractivity contribution < 1.29 is 68.4 Å². The van der Waals surface area contributed by atoms with E-state index in [2.05, 4.69) is 46.9 Å². The highest BCUT2D eigenvalue weighted by Crippen LogP contribution is 2.23. The number of aliphatic hydroxyl groups excluding tert-OH is 1. The number of likely N-dealkylation sites (tertiary alicyclic amines) is 1. The van der Waals surface area contributed by atoms with Gasteiger partial charge in [-0.15, -0.1) is 0 Å². The number of aromatic nitrogens is 2. The number of aliphatic imine (C=N–C) groups is 1. The molecule has 3 heterocycles. The predicted molar refractivity (Wildman–Crippen MR) is 288 cm³/mol. The van der Waals surface area contributed by atoms with E-state index in [0.29, 0.717) is 38.5 Å². The molecule has 3 aromatic carbocycles. The molecule has 0 aliphatic carbocycles. The van der Waals surface area contributed by atoms with E-state index in [1.54, 1.807) is 91.3 Å². The second-order valence-electron chi connectivity index (χ2n) is 19.1. The first-order valence-corrected chi connectivity index (χ1v) is 25.6. The summed E-state index contributed by atoms with van der Waals surface area (Å²) in [6.07, 6.45) is 0.711. The van der Waals surface area contributed by atoms with E-state index in [0.717, 1.165) is 4.90 Å².